The number of aromatic nitrogens is 2. The standard InChI is InChI=1S/C12H14N2O/c1-10-8-13(14(15)11(10)2)9-12-6-4-3-5-7-12/h3-8H,9H2,1-2H3. The minimum atomic E-state index is 0.624. The average Bonchev–Trinajstić information content (AvgIpc) is 2.48. The molecule has 0 aliphatic rings. The van der Waals surface area contributed by atoms with Crippen molar-refractivity contribution in [2.75, 3.05) is 0 Å². The highest BCUT2D eigenvalue weighted by molar-refractivity contribution is 5.15. The van der Waals surface area contributed by atoms with Crippen molar-refractivity contribution in [3.63, 3.8) is 0 Å². The maximum absolute atomic E-state index is 11.7. The van der Waals surface area contributed by atoms with Gasteiger partial charge in [0.25, 0.3) is 0 Å². The van der Waals surface area contributed by atoms with Gasteiger partial charge in [0.1, 0.15) is 6.54 Å². The predicted octanol–water partition coefficient (Wildman–Crippen LogP) is 1.79. The summed E-state index contributed by atoms with van der Waals surface area (Å²) in [6.07, 6.45) is 1.88. The van der Waals surface area contributed by atoms with Gasteiger partial charge in [0.15, 0.2) is 0 Å². The van der Waals surface area contributed by atoms with Gasteiger partial charge in [-0.3, -0.25) is 0 Å². The Morgan fingerprint density at radius 1 is 1.20 bits per heavy atom. The van der Waals surface area contributed by atoms with E-state index >= 15 is 0 Å². The first-order valence-corrected chi connectivity index (χ1v) is 4.98. The van der Waals surface area contributed by atoms with Crippen LogP contribution in [-0.4, -0.2) is 4.68 Å². The molecule has 2 rings (SSSR count). The zero-order chi connectivity index (χ0) is 10.8. The van der Waals surface area contributed by atoms with Crippen LogP contribution in [0.15, 0.2) is 36.5 Å². The number of hydrogen-bond acceptors (Lipinski definition) is 1. The summed E-state index contributed by atoms with van der Waals surface area (Å²) >= 11 is 0. The lowest BCUT2D eigenvalue weighted by Crippen LogP contribution is -2.39. The van der Waals surface area contributed by atoms with Gasteiger partial charge in [0.2, 0.25) is 5.69 Å². The molecule has 1 aromatic carbocycles. The summed E-state index contributed by atoms with van der Waals surface area (Å²) < 4.78 is 1.68. The largest absolute Gasteiger partial charge is 0.596 e. The molecule has 78 valence electrons. The highest BCUT2D eigenvalue weighted by Crippen LogP contribution is 2.05. The minimum Gasteiger partial charge on any atom is -0.596 e. The van der Waals surface area contributed by atoms with Crippen LogP contribution in [0.5, 0.6) is 0 Å². The highest BCUT2D eigenvalue weighted by atomic mass is 16.5. The molecule has 0 aliphatic carbocycles. The van der Waals surface area contributed by atoms with Crippen LogP contribution in [0.25, 0.3) is 0 Å². The van der Waals surface area contributed by atoms with E-state index in [0.717, 1.165) is 21.7 Å². The third-order valence-corrected chi connectivity index (χ3v) is 2.62. The molecule has 0 saturated carbocycles. The second-order valence-electron chi connectivity index (χ2n) is 3.75. The van der Waals surface area contributed by atoms with Crippen molar-refractivity contribution in [2.45, 2.75) is 20.4 Å². The first-order chi connectivity index (χ1) is 7.18. The molecular formula is C12H14N2O. The van der Waals surface area contributed by atoms with E-state index in [1.165, 1.54) is 0 Å². The quantitative estimate of drug-likeness (QED) is 0.539. The zero-order valence-electron chi connectivity index (χ0n) is 8.97. The molecule has 3 heteroatoms. The molecule has 0 atom stereocenters. The van der Waals surface area contributed by atoms with Gasteiger partial charge < -0.3 is 5.21 Å². The van der Waals surface area contributed by atoms with Crippen molar-refractivity contribution in [1.82, 2.24) is 4.68 Å². The Morgan fingerprint density at radius 2 is 1.87 bits per heavy atom. The van der Waals surface area contributed by atoms with Crippen molar-refractivity contribution >= 4 is 0 Å². The molecule has 15 heavy (non-hydrogen) atoms. The SMILES string of the molecule is Cc1cn(Cc2ccccc2)[n+]([O-])c1C. The van der Waals surface area contributed by atoms with Crippen molar-refractivity contribution in [3.8, 4) is 0 Å². The van der Waals surface area contributed by atoms with E-state index < -0.39 is 0 Å². The molecule has 1 heterocycles. The lowest BCUT2D eigenvalue weighted by Gasteiger charge is -2.03. The zero-order valence-corrected chi connectivity index (χ0v) is 8.97. The molecule has 0 bridgehead atoms. The van der Waals surface area contributed by atoms with Crippen molar-refractivity contribution in [1.29, 1.82) is 0 Å². The van der Waals surface area contributed by atoms with Crippen LogP contribution < -0.4 is 4.85 Å². The summed E-state index contributed by atoms with van der Waals surface area (Å²) in [5.41, 5.74) is 2.93. The Morgan fingerprint density at radius 3 is 2.40 bits per heavy atom. The number of rotatable bonds is 2. The van der Waals surface area contributed by atoms with Crippen LogP contribution in [-0.2, 0) is 6.54 Å². The van der Waals surface area contributed by atoms with E-state index in [-0.39, 0.29) is 0 Å². The second kappa shape index (κ2) is 3.77. The van der Waals surface area contributed by atoms with Gasteiger partial charge in [-0.1, -0.05) is 35.2 Å². The van der Waals surface area contributed by atoms with Gasteiger partial charge in [-0.25, -0.2) is 0 Å². The molecule has 0 aliphatic heterocycles. The van der Waals surface area contributed by atoms with Crippen LogP contribution in [0.1, 0.15) is 16.8 Å². The van der Waals surface area contributed by atoms with Crippen LogP contribution in [0.3, 0.4) is 0 Å². The average molecular weight is 202 g/mol. The maximum atomic E-state index is 11.7. The Kier molecular flexibility index (Phi) is 2.46. The Bertz CT molecular complexity index is 460. The molecular weight excluding hydrogens is 188 g/mol. The monoisotopic (exact) mass is 202 g/mol. The molecule has 0 spiro atoms. The normalized spacial score (nSPS) is 10.5. The fraction of sp³-hybridized carbons (Fsp3) is 0.250. The van der Waals surface area contributed by atoms with Crippen molar-refractivity contribution in [2.24, 2.45) is 0 Å². The third kappa shape index (κ3) is 1.86. The third-order valence-electron chi connectivity index (χ3n) is 2.62. The minimum absolute atomic E-state index is 0.624. The van der Waals surface area contributed by atoms with E-state index in [4.69, 9.17) is 0 Å². The molecule has 0 fully saturated rings. The molecule has 3 nitrogen and oxygen atoms in total. The van der Waals surface area contributed by atoms with Crippen LogP contribution in [0, 0.1) is 19.1 Å². The molecule has 0 radical (unpaired) electrons. The summed E-state index contributed by atoms with van der Waals surface area (Å²) in [7, 11) is 0. The Labute approximate surface area is 89.1 Å². The summed E-state index contributed by atoms with van der Waals surface area (Å²) in [4.78, 5) is 0.947. The van der Waals surface area contributed by atoms with E-state index in [1.54, 1.807) is 4.68 Å². The van der Waals surface area contributed by atoms with E-state index in [0.29, 0.717) is 6.54 Å². The van der Waals surface area contributed by atoms with Gasteiger partial charge >= 0.3 is 0 Å². The first-order valence-electron chi connectivity index (χ1n) is 4.98. The molecule has 0 amide bonds. The smallest absolute Gasteiger partial charge is 0.220 e. The lowest BCUT2D eigenvalue weighted by atomic mass is 10.2. The lowest BCUT2D eigenvalue weighted by molar-refractivity contribution is -0.699. The van der Waals surface area contributed by atoms with Crippen molar-refractivity contribution < 1.29 is 4.85 Å². The van der Waals surface area contributed by atoms with Crippen LogP contribution >= 0.6 is 0 Å². The van der Waals surface area contributed by atoms with E-state index in [1.807, 2.05) is 50.4 Å². The number of aryl methyl sites for hydroxylation is 1. The number of hydrogen-bond donors (Lipinski definition) is 0. The van der Waals surface area contributed by atoms with E-state index in [2.05, 4.69) is 0 Å². The van der Waals surface area contributed by atoms with Gasteiger partial charge in [-0.05, 0) is 12.5 Å². The first kappa shape index (κ1) is 9.77. The molecule has 0 saturated heterocycles. The van der Waals surface area contributed by atoms with Crippen molar-refractivity contribution in [3.05, 3.63) is 58.6 Å². The second-order valence-corrected chi connectivity index (χ2v) is 3.75. The van der Waals surface area contributed by atoms with Gasteiger partial charge in [0.05, 0.1) is 6.20 Å². The predicted molar refractivity (Wildman–Crippen MR) is 58.4 cm³/mol. The fourth-order valence-corrected chi connectivity index (χ4v) is 1.59. The summed E-state index contributed by atoms with van der Waals surface area (Å²) in [6.45, 7) is 4.41. The van der Waals surface area contributed by atoms with Gasteiger partial charge in [-0.2, -0.15) is 0 Å². The molecule has 1 aromatic heterocycles. The summed E-state index contributed by atoms with van der Waals surface area (Å²) in [5, 5.41) is 11.7. The Balaban J connectivity index is 2.29. The van der Waals surface area contributed by atoms with Crippen LogP contribution in [0.2, 0.25) is 0 Å². The van der Waals surface area contributed by atoms with E-state index in [9.17, 15) is 5.21 Å². The molecule has 0 unspecified atom stereocenters. The summed E-state index contributed by atoms with van der Waals surface area (Å²) in [5.74, 6) is 0. The number of benzene rings is 1. The van der Waals surface area contributed by atoms with Gasteiger partial charge in [-0.15, -0.1) is 4.68 Å². The highest BCUT2D eigenvalue weighted by Gasteiger charge is 2.11. The number of nitrogens with zero attached hydrogens (tertiary/aromatic N) is 2. The van der Waals surface area contributed by atoms with Crippen LogP contribution in [0.4, 0.5) is 0 Å². The molecule has 2 aromatic rings. The topological polar surface area (TPSA) is 31.9 Å². The fourth-order valence-electron chi connectivity index (χ4n) is 1.59. The van der Waals surface area contributed by atoms with Gasteiger partial charge in [0, 0.05) is 12.5 Å². The maximum Gasteiger partial charge on any atom is 0.220 e. The Hall–Kier alpha value is -1.77. The summed E-state index contributed by atoms with van der Waals surface area (Å²) in [6, 6.07) is 9.97. The molecule has 0 N–H and O–H groups in total.